The quantitative estimate of drug-likeness (QED) is 0.852. The Kier molecular flexibility index (Phi) is 9.17. The van der Waals surface area contributed by atoms with E-state index in [1.54, 1.807) is 4.90 Å². The summed E-state index contributed by atoms with van der Waals surface area (Å²) in [4.78, 5) is 1.61. The van der Waals surface area contributed by atoms with Crippen LogP contribution in [0.15, 0.2) is 12.1 Å². The average Bonchev–Trinajstić information content (AvgIpc) is 2.50. The summed E-state index contributed by atoms with van der Waals surface area (Å²) in [7, 11) is 1.32. The topological polar surface area (TPSA) is 68.5 Å². The predicted molar refractivity (Wildman–Crippen MR) is 87.1 cm³/mol. The van der Waals surface area contributed by atoms with Gasteiger partial charge in [-0.25, -0.2) is 8.78 Å². The minimum Gasteiger partial charge on any atom is -0.504 e. The number of methoxy groups -OCH3 is 1. The molecule has 1 aliphatic heterocycles. The first-order valence-electron chi connectivity index (χ1n) is 6.62. The van der Waals surface area contributed by atoms with Crippen LogP contribution in [0, 0.1) is 11.3 Å². The van der Waals surface area contributed by atoms with E-state index in [-0.39, 0.29) is 47.4 Å². The van der Waals surface area contributed by atoms with Crippen molar-refractivity contribution in [3.63, 3.8) is 0 Å². The molecular formula is C14H19Cl2F2N3O2. The van der Waals surface area contributed by atoms with E-state index < -0.39 is 12.5 Å². The van der Waals surface area contributed by atoms with Crippen LogP contribution in [0.3, 0.4) is 0 Å². The second kappa shape index (κ2) is 9.73. The Morgan fingerprint density at radius 2 is 1.91 bits per heavy atom. The summed E-state index contributed by atoms with van der Waals surface area (Å²) >= 11 is 0. The Balaban J connectivity index is 0.00000242. The van der Waals surface area contributed by atoms with Crippen molar-refractivity contribution < 1.29 is 18.6 Å². The number of rotatable bonds is 4. The van der Waals surface area contributed by atoms with E-state index in [9.17, 15) is 13.9 Å². The van der Waals surface area contributed by atoms with Crippen molar-refractivity contribution >= 4 is 24.8 Å². The monoisotopic (exact) mass is 369 g/mol. The number of benzene rings is 1. The molecule has 1 aromatic rings. The van der Waals surface area contributed by atoms with Crippen LogP contribution in [0.4, 0.5) is 8.78 Å². The van der Waals surface area contributed by atoms with Gasteiger partial charge in [-0.15, -0.1) is 24.8 Å². The lowest BCUT2D eigenvalue weighted by atomic mass is 10.0. The van der Waals surface area contributed by atoms with Crippen LogP contribution in [0.5, 0.6) is 11.5 Å². The van der Waals surface area contributed by atoms with E-state index in [1.807, 2.05) is 6.07 Å². The highest BCUT2D eigenvalue weighted by Crippen LogP contribution is 2.39. The van der Waals surface area contributed by atoms with Crippen LogP contribution in [-0.2, 0) is 0 Å². The van der Waals surface area contributed by atoms with Crippen molar-refractivity contribution in [1.29, 1.82) is 5.26 Å². The van der Waals surface area contributed by atoms with Crippen molar-refractivity contribution in [3.05, 3.63) is 23.3 Å². The molecular weight excluding hydrogens is 351 g/mol. The third kappa shape index (κ3) is 4.82. The van der Waals surface area contributed by atoms with Gasteiger partial charge in [-0.05, 0) is 6.07 Å². The number of nitriles is 1. The number of piperazine rings is 1. The summed E-state index contributed by atoms with van der Waals surface area (Å²) < 4.78 is 32.0. The van der Waals surface area contributed by atoms with Crippen molar-refractivity contribution in [1.82, 2.24) is 10.2 Å². The highest BCUT2D eigenvalue weighted by molar-refractivity contribution is 5.85. The summed E-state index contributed by atoms with van der Waals surface area (Å²) in [5.74, 6) is -0.301. The first-order chi connectivity index (χ1) is 10.1. The molecule has 2 rings (SSSR count). The highest BCUT2D eigenvalue weighted by Gasteiger charge is 2.33. The van der Waals surface area contributed by atoms with Gasteiger partial charge in [0.2, 0.25) is 0 Å². The molecule has 0 aromatic heterocycles. The molecule has 0 aliphatic carbocycles. The molecule has 1 heterocycles. The Bertz CT molecular complexity index is 550. The lowest BCUT2D eigenvalue weighted by Crippen LogP contribution is -2.46. The molecule has 1 aliphatic rings. The van der Waals surface area contributed by atoms with Crippen LogP contribution < -0.4 is 10.1 Å². The van der Waals surface area contributed by atoms with Crippen molar-refractivity contribution in [2.45, 2.75) is 12.5 Å². The number of hydrogen-bond donors (Lipinski definition) is 2. The molecule has 1 fully saturated rings. The average molecular weight is 370 g/mol. The lowest BCUT2D eigenvalue weighted by molar-refractivity contribution is 0.0169. The molecule has 2 N–H and O–H groups in total. The number of phenolic OH excluding ortho intramolecular Hbond substituents is 1. The fourth-order valence-corrected chi connectivity index (χ4v) is 2.53. The maximum absolute atomic E-state index is 13.5. The second-order valence-corrected chi connectivity index (χ2v) is 4.79. The van der Waals surface area contributed by atoms with Gasteiger partial charge < -0.3 is 15.2 Å². The summed E-state index contributed by atoms with van der Waals surface area (Å²) in [5, 5.41) is 22.2. The van der Waals surface area contributed by atoms with Gasteiger partial charge in [0.15, 0.2) is 11.5 Å². The van der Waals surface area contributed by atoms with Crippen molar-refractivity contribution in [2.75, 3.05) is 33.3 Å². The fourth-order valence-electron chi connectivity index (χ4n) is 2.53. The number of hydrogen-bond acceptors (Lipinski definition) is 5. The van der Waals surface area contributed by atoms with Gasteiger partial charge in [0.25, 0.3) is 6.43 Å². The summed E-state index contributed by atoms with van der Waals surface area (Å²) in [6.07, 6.45) is -2.67. The highest BCUT2D eigenvalue weighted by atomic mass is 35.5. The number of alkyl halides is 2. The number of ether oxygens (including phenoxy) is 1. The van der Waals surface area contributed by atoms with E-state index in [1.165, 1.54) is 19.2 Å². The molecule has 0 bridgehead atoms. The lowest BCUT2D eigenvalue weighted by Gasteiger charge is -2.35. The summed E-state index contributed by atoms with van der Waals surface area (Å²) in [6, 6.07) is 3.28. The molecule has 130 valence electrons. The smallest absolute Gasteiger partial charge is 0.258 e. The predicted octanol–water partition coefficient (Wildman–Crippen LogP) is 2.33. The van der Waals surface area contributed by atoms with E-state index in [0.29, 0.717) is 26.2 Å². The van der Waals surface area contributed by atoms with Crippen LogP contribution in [0.1, 0.15) is 17.2 Å². The zero-order valence-electron chi connectivity index (χ0n) is 12.5. The van der Waals surface area contributed by atoms with Crippen LogP contribution in [0.25, 0.3) is 0 Å². The van der Waals surface area contributed by atoms with Gasteiger partial charge >= 0.3 is 0 Å². The normalized spacial score (nSPS) is 16.0. The Morgan fingerprint density at radius 3 is 2.39 bits per heavy atom. The molecule has 1 saturated heterocycles. The zero-order valence-corrected chi connectivity index (χ0v) is 14.1. The third-order valence-electron chi connectivity index (χ3n) is 3.56. The van der Waals surface area contributed by atoms with Gasteiger partial charge in [0, 0.05) is 37.8 Å². The summed E-state index contributed by atoms with van der Waals surface area (Å²) in [6.45, 7) is 2.12. The largest absolute Gasteiger partial charge is 0.504 e. The minimum absolute atomic E-state index is 0. The number of halogens is 4. The molecule has 0 unspecified atom stereocenters. The molecule has 23 heavy (non-hydrogen) atoms. The SMILES string of the molecule is COc1cc(C#N)cc([C@H](C(F)F)N2CCNCC2)c1O.Cl.Cl. The van der Waals surface area contributed by atoms with E-state index in [2.05, 4.69) is 5.32 Å². The van der Waals surface area contributed by atoms with Crippen LogP contribution in [0.2, 0.25) is 0 Å². The standard InChI is InChI=1S/C14H17F2N3O2.2ClH/c1-21-11-7-9(8-17)6-10(13(11)20)12(14(15)16)19-4-2-18-3-5-19;;/h6-7,12,14,18,20H,2-5H2,1H3;2*1H/t12-;;/m1../s1. The van der Waals surface area contributed by atoms with E-state index in [4.69, 9.17) is 10.00 Å². The van der Waals surface area contributed by atoms with Gasteiger partial charge in [-0.3, -0.25) is 4.90 Å². The van der Waals surface area contributed by atoms with Gasteiger partial charge in [-0.1, -0.05) is 0 Å². The molecule has 1 aromatic carbocycles. The molecule has 1 atom stereocenters. The molecule has 0 radical (unpaired) electrons. The summed E-state index contributed by atoms with van der Waals surface area (Å²) in [5.41, 5.74) is 0.211. The van der Waals surface area contributed by atoms with Crippen molar-refractivity contribution in [3.8, 4) is 17.6 Å². The van der Waals surface area contributed by atoms with E-state index >= 15 is 0 Å². The molecule has 0 saturated carbocycles. The minimum atomic E-state index is -2.67. The number of phenols is 1. The zero-order chi connectivity index (χ0) is 15.4. The molecule has 9 heteroatoms. The molecule has 0 spiro atoms. The number of nitrogens with zero attached hydrogens (tertiary/aromatic N) is 2. The maximum Gasteiger partial charge on any atom is 0.258 e. The van der Waals surface area contributed by atoms with Crippen LogP contribution in [-0.4, -0.2) is 49.7 Å². The van der Waals surface area contributed by atoms with Crippen LogP contribution >= 0.6 is 24.8 Å². The number of nitrogens with one attached hydrogen (secondary N) is 1. The maximum atomic E-state index is 13.5. The fraction of sp³-hybridized carbons (Fsp3) is 0.500. The first kappa shape index (κ1) is 21.7. The van der Waals surface area contributed by atoms with Gasteiger partial charge in [0.1, 0.15) is 6.04 Å². The van der Waals surface area contributed by atoms with Gasteiger partial charge in [-0.2, -0.15) is 5.26 Å². The first-order valence-corrected chi connectivity index (χ1v) is 6.62. The van der Waals surface area contributed by atoms with Gasteiger partial charge in [0.05, 0.1) is 18.7 Å². The third-order valence-corrected chi connectivity index (χ3v) is 3.56. The van der Waals surface area contributed by atoms with E-state index in [0.717, 1.165) is 0 Å². The molecule has 5 nitrogen and oxygen atoms in total. The number of aromatic hydroxyl groups is 1. The Hall–Kier alpha value is -1.33. The Labute approximate surface area is 146 Å². The Morgan fingerprint density at radius 1 is 1.30 bits per heavy atom. The van der Waals surface area contributed by atoms with Crippen molar-refractivity contribution in [2.24, 2.45) is 0 Å². The second-order valence-electron chi connectivity index (χ2n) is 4.79. The molecule has 0 amide bonds.